The average molecular weight is 273 g/mol. The molecule has 0 atom stereocenters. The molecule has 0 radical (unpaired) electrons. The van der Waals surface area contributed by atoms with Crippen LogP contribution in [-0.4, -0.2) is 4.92 Å². The van der Waals surface area contributed by atoms with Gasteiger partial charge in [0.25, 0.3) is 0 Å². The molecule has 17 heavy (non-hydrogen) atoms. The van der Waals surface area contributed by atoms with E-state index in [1.54, 1.807) is 6.92 Å². The summed E-state index contributed by atoms with van der Waals surface area (Å²) in [6.07, 6.45) is 2.26. The molecule has 0 saturated carbocycles. The van der Waals surface area contributed by atoms with E-state index in [0.29, 0.717) is 0 Å². The number of hydrogen-bond acceptors (Lipinski definition) is 2. The fourth-order valence-electron chi connectivity index (χ4n) is 0.763. The topological polar surface area (TPSA) is 43.1 Å². The Bertz CT molecular complexity index is 292. The Labute approximate surface area is 112 Å². The molecule has 0 fully saturated rings. The van der Waals surface area contributed by atoms with Crippen molar-refractivity contribution in [1.29, 1.82) is 0 Å². The van der Waals surface area contributed by atoms with Gasteiger partial charge < -0.3 is 30.3 Å². The van der Waals surface area contributed by atoms with Crippen molar-refractivity contribution >= 4 is 0 Å². The first-order chi connectivity index (χ1) is 7.77. The van der Waals surface area contributed by atoms with Gasteiger partial charge in [-0.05, 0) is 13.0 Å². The van der Waals surface area contributed by atoms with Crippen LogP contribution in [0, 0.1) is 10.1 Å². The molecule has 0 aromatic heterocycles. The number of allylic oxidation sites excluding steroid dienone is 1. The normalized spacial score (nSPS) is 8.06. The Morgan fingerprint density at radius 1 is 1.06 bits per heavy atom. The smallest absolute Gasteiger partial charge is 0.230 e. The first-order valence-corrected chi connectivity index (χ1v) is 4.87. The minimum Gasteiger partial charge on any atom is -0.748 e. The largest absolute Gasteiger partial charge is 0.748 e. The Morgan fingerprint density at radius 2 is 1.47 bits per heavy atom. The van der Waals surface area contributed by atoms with Gasteiger partial charge in [0.15, 0.2) is 0 Å². The van der Waals surface area contributed by atoms with Crippen molar-refractivity contribution in [3.8, 4) is 0 Å². The van der Waals surface area contributed by atoms with Crippen molar-refractivity contribution in [3.05, 3.63) is 83.1 Å². The number of nitro groups is 1. The average Bonchev–Trinajstić information content (AvgIpc) is 2.98. The Balaban J connectivity index is 0. The van der Waals surface area contributed by atoms with Crippen molar-refractivity contribution in [3.63, 3.8) is 0 Å². The van der Waals surface area contributed by atoms with Crippen molar-refractivity contribution in [1.82, 2.24) is 0 Å². The molecule has 98 valence electrons. The maximum absolute atomic E-state index is 9.32. The summed E-state index contributed by atoms with van der Waals surface area (Å²) in [5.41, 5.74) is 0. The van der Waals surface area contributed by atoms with Crippen LogP contribution >= 0.6 is 0 Å². The summed E-state index contributed by atoms with van der Waals surface area (Å²) in [7, 11) is 0. The van der Waals surface area contributed by atoms with E-state index in [1.807, 2.05) is 60.7 Å². The van der Waals surface area contributed by atoms with Crippen molar-refractivity contribution < 1.29 is 22.0 Å². The number of rotatable bonds is 1. The SMILES string of the molecule is CC=C[N+](=O)[O-].[Fe].[cH-]1[cH-][cH-][cH-][cH-]1.c1cc[cH-]c1. The summed E-state index contributed by atoms with van der Waals surface area (Å²) in [5, 5.41) is 9.32. The number of nitrogens with zero attached hydrogens (tertiary/aromatic N) is 1. The van der Waals surface area contributed by atoms with Crippen LogP contribution in [0.15, 0.2) is 72.9 Å². The number of hydrogen-bond donors (Lipinski definition) is 0. The third kappa shape index (κ3) is 17.0. The Hall–Kier alpha value is -1.64. The fourth-order valence-corrected chi connectivity index (χ4v) is 0.763. The molecule has 3 nitrogen and oxygen atoms in total. The molecule has 0 aliphatic heterocycles. The third-order valence-corrected chi connectivity index (χ3v) is 1.38. The minimum atomic E-state index is -0.500. The summed E-state index contributed by atoms with van der Waals surface area (Å²) in [6.45, 7) is 1.60. The summed E-state index contributed by atoms with van der Waals surface area (Å²) >= 11 is 0. The van der Waals surface area contributed by atoms with Crippen LogP contribution in [0.1, 0.15) is 6.92 Å². The molecule has 0 heterocycles. The molecule has 2 rings (SSSR count). The molecule has 0 aliphatic rings. The zero-order valence-corrected chi connectivity index (χ0v) is 10.6. The second-order valence-corrected chi connectivity index (χ2v) is 2.69. The van der Waals surface area contributed by atoms with Crippen LogP contribution in [0.2, 0.25) is 0 Å². The molecule has 0 N–H and O–H groups in total. The van der Waals surface area contributed by atoms with Gasteiger partial charge in [0.1, 0.15) is 0 Å². The second kappa shape index (κ2) is 14.4. The summed E-state index contributed by atoms with van der Waals surface area (Å²) in [4.78, 5) is 8.82. The van der Waals surface area contributed by atoms with Gasteiger partial charge in [-0.2, -0.15) is 18.2 Å². The molecule has 4 heteroatoms. The summed E-state index contributed by atoms with van der Waals surface area (Å²) in [6, 6.07) is 20.0. The van der Waals surface area contributed by atoms with E-state index in [2.05, 4.69) is 0 Å². The molecule has 2 aromatic carbocycles. The standard InChI is InChI=1S/2C5H5.C3H5NO2.Fe/c2*1-2-4-5-3-1;1-2-3-4(5)6;/h2*1-5H;2-3H,1H3;/q-5;-1;;. The van der Waals surface area contributed by atoms with E-state index in [4.69, 9.17) is 0 Å². The van der Waals surface area contributed by atoms with E-state index >= 15 is 0 Å². The van der Waals surface area contributed by atoms with Crippen LogP contribution in [0.5, 0.6) is 0 Å². The van der Waals surface area contributed by atoms with Crippen LogP contribution in [0.4, 0.5) is 0 Å². The molecule has 0 aliphatic carbocycles. The molecule has 2 aromatic rings. The second-order valence-electron chi connectivity index (χ2n) is 2.69. The van der Waals surface area contributed by atoms with Gasteiger partial charge in [-0.1, -0.05) is 0 Å². The molecule has 0 unspecified atom stereocenters. The van der Waals surface area contributed by atoms with Crippen molar-refractivity contribution in [2.75, 3.05) is 0 Å². The van der Waals surface area contributed by atoms with E-state index in [1.165, 1.54) is 6.08 Å². The van der Waals surface area contributed by atoms with Crippen LogP contribution in [-0.2, 0) is 17.1 Å². The van der Waals surface area contributed by atoms with Gasteiger partial charge in [-0.15, -0.1) is 0 Å². The predicted molar refractivity (Wildman–Crippen MR) is 65.9 cm³/mol. The van der Waals surface area contributed by atoms with Crippen LogP contribution in [0.3, 0.4) is 0 Å². The predicted octanol–water partition coefficient (Wildman–Crippen LogP) is 3.61. The monoisotopic (exact) mass is 273 g/mol. The Kier molecular flexibility index (Phi) is 15.0. The van der Waals surface area contributed by atoms with Crippen molar-refractivity contribution in [2.24, 2.45) is 0 Å². The van der Waals surface area contributed by atoms with Gasteiger partial charge in [0.2, 0.25) is 6.20 Å². The van der Waals surface area contributed by atoms with E-state index in [9.17, 15) is 10.1 Å². The van der Waals surface area contributed by atoms with Gasteiger partial charge in [-0.3, -0.25) is 10.1 Å². The minimum absolute atomic E-state index is 0. The van der Waals surface area contributed by atoms with Gasteiger partial charge in [-0.25, -0.2) is 12.1 Å². The van der Waals surface area contributed by atoms with Gasteiger partial charge >= 0.3 is 0 Å². The molecular weight excluding hydrogens is 258 g/mol. The van der Waals surface area contributed by atoms with E-state index in [-0.39, 0.29) is 17.1 Å². The zero-order valence-electron chi connectivity index (χ0n) is 9.55. The third-order valence-electron chi connectivity index (χ3n) is 1.38. The quantitative estimate of drug-likeness (QED) is 0.345. The zero-order chi connectivity index (χ0) is 12.1. The summed E-state index contributed by atoms with van der Waals surface area (Å²) < 4.78 is 0. The summed E-state index contributed by atoms with van der Waals surface area (Å²) in [5.74, 6) is 0. The fraction of sp³-hybridized carbons (Fsp3) is 0.0769. The molecular formula is C13H15FeNO2-6. The maximum Gasteiger partial charge on any atom is 0.230 e. The molecule has 0 bridgehead atoms. The van der Waals surface area contributed by atoms with Gasteiger partial charge in [0, 0.05) is 17.1 Å². The van der Waals surface area contributed by atoms with E-state index < -0.39 is 4.92 Å². The van der Waals surface area contributed by atoms with Crippen molar-refractivity contribution in [2.45, 2.75) is 6.92 Å². The first kappa shape index (κ1) is 17.7. The molecule has 0 spiro atoms. The van der Waals surface area contributed by atoms with Crippen LogP contribution in [0.25, 0.3) is 0 Å². The van der Waals surface area contributed by atoms with Crippen LogP contribution < -0.4 is 0 Å². The van der Waals surface area contributed by atoms with Gasteiger partial charge in [0.05, 0.1) is 4.92 Å². The van der Waals surface area contributed by atoms with E-state index in [0.717, 1.165) is 6.20 Å². The Morgan fingerprint density at radius 3 is 1.59 bits per heavy atom. The molecule has 0 amide bonds. The molecule has 0 saturated heterocycles. The maximum atomic E-state index is 9.32. The first-order valence-electron chi connectivity index (χ1n) is 4.87.